The van der Waals surface area contributed by atoms with Gasteiger partial charge in [-0.1, -0.05) is 42.5 Å². The molecule has 0 aliphatic carbocycles. The van der Waals surface area contributed by atoms with Gasteiger partial charge in [0.2, 0.25) is 0 Å². The van der Waals surface area contributed by atoms with Crippen LogP contribution < -0.4 is 5.32 Å². The fraction of sp³-hybridized carbons (Fsp3) is 0.0455. The van der Waals surface area contributed by atoms with Crippen LogP contribution in [0.2, 0.25) is 0 Å². The Morgan fingerprint density at radius 1 is 1.03 bits per heavy atom. The number of para-hydroxylation sites is 3. The fourth-order valence-corrected chi connectivity index (χ4v) is 3.59. The number of amides is 1. The topological polar surface area (TPSA) is 130 Å². The highest BCUT2D eigenvalue weighted by Gasteiger charge is 2.18. The van der Waals surface area contributed by atoms with Crippen molar-refractivity contribution in [1.29, 1.82) is 0 Å². The summed E-state index contributed by atoms with van der Waals surface area (Å²) in [7, 11) is 0. The van der Waals surface area contributed by atoms with Gasteiger partial charge in [0.25, 0.3) is 11.6 Å². The minimum Gasteiger partial charge on any atom is -0.348 e. The molecule has 0 saturated carbocycles. The maximum atomic E-state index is 12.9. The van der Waals surface area contributed by atoms with Gasteiger partial charge in [0.05, 0.1) is 27.0 Å². The molecule has 0 saturated heterocycles. The highest BCUT2D eigenvalue weighted by Crippen LogP contribution is 2.27. The van der Waals surface area contributed by atoms with Crippen molar-refractivity contribution >= 4 is 33.5 Å². The van der Waals surface area contributed by atoms with E-state index in [1.54, 1.807) is 30.3 Å². The molecule has 9 nitrogen and oxygen atoms in total. The van der Waals surface area contributed by atoms with Crippen molar-refractivity contribution in [3.63, 3.8) is 0 Å². The van der Waals surface area contributed by atoms with Crippen LogP contribution in [0.3, 0.4) is 0 Å². The zero-order chi connectivity index (χ0) is 21.4. The molecule has 0 unspecified atom stereocenters. The summed E-state index contributed by atoms with van der Waals surface area (Å²) in [6.07, 6.45) is 0. The molecule has 0 fully saturated rings. The van der Waals surface area contributed by atoms with Gasteiger partial charge in [-0.3, -0.25) is 20.0 Å². The zero-order valence-electron chi connectivity index (χ0n) is 16.1. The standard InChI is InChI=1S/C22H16N6O3/c29-22(23-12-13-6-1-4-11-18(13)28(30)31)15-8-5-10-17-19(15)25-21(24-17)20-14-7-2-3-9-16(14)26-27-20/h1-11H,12H2,(H,23,29)(H,24,25)(H,26,27). The van der Waals surface area contributed by atoms with Gasteiger partial charge in [-0.25, -0.2) is 4.98 Å². The van der Waals surface area contributed by atoms with Crippen molar-refractivity contribution in [1.82, 2.24) is 25.5 Å². The van der Waals surface area contributed by atoms with Gasteiger partial charge in [-0.15, -0.1) is 0 Å². The summed E-state index contributed by atoms with van der Waals surface area (Å²) in [6, 6.07) is 19.3. The first-order valence-electron chi connectivity index (χ1n) is 9.54. The van der Waals surface area contributed by atoms with Crippen molar-refractivity contribution in [2.24, 2.45) is 0 Å². The molecule has 0 bridgehead atoms. The van der Waals surface area contributed by atoms with E-state index in [4.69, 9.17) is 0 Å². The number of hydrogen-bond acceptors (Lipinski definition) is 5. The summed E-state index contributed by atoms with van der Waals surface area (Å²) < 4.78 is 0. The molecular weight excluding hydrogens is 396 g/mol. The van der Waals surface area contributed by atoms with E-state index in [1.807, 2.05) is 30.3 Å². The summed E-state index contributed by atoms with van der Waals surface area (Å²) in [5.74, 6) is 0.192. The Labute approximate surface area is 175 Å². The zero-order valence-corrected chi connectivity index (χ0v) is 16.1. The van der Waals surface area contributed by atoms with Gasteiger partial charge < -0.3 is 10.3 Å². The molecule has 31 heavy (non-hydrogen) atoms. The monoisotopic (exact) mass is 412 g/mol. The van der Waals surface area contributed by atoms with Crippen LogP contribution in [0.25, 0.3) is 33.5 Å². The summed E-state index contributed by atoms with van der Waals surface area (Å²) in [4.78, 5) is 31.4. The van der Waals surface area contributed by atoms with E-state index < -0.39 is 4.92 Å². The smallest absolute Gasteiger partial charge is 0.274 e. The second-order valence-corrected chi connectivity index (χ2v) is 6.97. The van der Waals surface area contributed by atoms with E-state index in [2.05, 4.69) is 25.5 Å². The van der Waals surface area contributed by atoms with Crippen LogP contribution in [0.15, 0.2) is 66.7 Å². The molecule has 3 N–H and O–H groups in total. The number of nitrogens with one attached hydrogen (secondary N) is 3. The quantitative estimate of drug-likeness (QED) is 0.297. The van der Waals surface area contributed by atoms with Crippen molar-refractivity contribution in [2.45, 2.75) is 6.54 Å². The van der Waals surface area contributed by atoms with Crippen molar-refractivity contribution < 1.29 is 9.72 Å². The number of carbonyl (C=O) groups excluding carboxylic acids is 1. The lowest BCUT2D eigenvalue weighted by Gasteiger charge is -2.06. The van der Waals surface area contributed by atoms with Crippen molar-refractivity contribution in [3.8, 4) is 11.5 Å². The van der Waals surface area contributed by atoms with Crippen LogP contribution in [-0.2, 0) is 6.54 Å². The van der Waals surface area contributed by atoms with Gasteiger partial charge >= 0.3 is 0 Å². The lowest BCUT2D eigenvalue weighted by atomic mass is 10.1. The largest absolute Gasteiger partial charge is 0.348 e. The van der Waals surface area contributed by atoms with Crippen LogP contribution in [0.4, 0.5) is 5.69 Å². The number of benzene rings is 3. The second-order valence-electron chi connectivity index (χ2n) is 6.97. The van der Waals surface area contributed by atoms with Crippen molar-refractivity contribution in [2.75, 3.05) is 0 Å². The van der Waals surface area contributed by atoms with E-state index in [9.17, 15) is 14.9 Å². The molecule has 2 heterocycles. The van der Waals surface area contributed by atoms with Gasteiger partial charge in [-0.05, 0) is 18.2 Å². The average molecular weight is 412 g/mol. The number of hydrogen-bond donors (Lipinski definition) is 3. The highest BCUT2D eigenvalue weighted by atomic mass is 16.6. The maximum absolute atomic E-state index is 12.9. The maximum Gasteiger partial charge on any atom is 0.274 e. The third-order valence-electron chi connectivity index (χ3n) is 5.09. The molecule has 0 radical (unpaired) electrons. The van der Waals surface area contributed by atoms with Gasteiger partial charge in [0.1, 0.15) is 5.69 Å². The predicted molar refractivity (Wildman–Crippen MR) is 115 cm³/mol. The van der Waals surface area contributed by atoms with E-state index in [0.717, 1.165) is 10.9 Å². The number of nitro benzene ring substituents is 1. The van der Waals surface area contributed by atoms with Crippen LogP contribution >= 0.6 is 0 Å². The minimum atomic E-state index is -0.461. The summed E-state index contributed by atoms with van der Waals surface area (Å²) in [5, 5.41) is 22.2. The van der Waals surface area contributed by atoms with Gasteiger partial charge in [-0.2, -0.15) is 5.10 Å². The molecule has 5 rings (SSSR count). The first-order chi connectivity index (χ1) is 15.1. The molecule has 0 aliphatic rings. The number of nitro groups is 1. The molecule has 9 heteroatoms. The number of nitrogens with zero attached hydrogens (tertiary/aromatic N) is 3. The number of aromatic nitrogens is 4. The number of carbonyl (C=O) groups is 1. The average Bonchev–Trinajstić information content (AvgIpc) is 3.41. The Morgan fingerprint density at radius 3 is 2.71 bits per heavy atom. The SMILES string of the molecule is O=C(NCc1ccccc1[N+](=O)[O-])c1cccc2nc(-c3n[nH]c4ccccc34)[nH]c12. The van der Waals surface area contributed by atoms with E-state index >= 15 is 0 Å². The molecule has 152 valence electrons. The van der Waals surface area contributed by atoms with Crippen LogP contribution in [0, 0.1) is 10.1 Å². The van der Waals surface area contributed by atoms with Gasteiger partial charge in [0.15, 0.2) is 5.82 Å². The lowest BCUT2D eigenvalue weighted by Crippen LogP contribution is -2.23. The predicted octanol–water partition coefficient (Wildman–Crippen LogP) is 3.94. The normalized spacial score (nSPS) is 11.1. The highest BCUT2D eigenvalue weighted by molar-refractivity contribution is 6.05. The third kappa shape index (κ3) is 3.27. The Morgan fingerprint density at radius 2 is 1.84 bits per heavy atom. The number of fused-ring (bicyclic) bond motifs is 2. The van der Waals surface area contributed by atoms with Crippen LogP contribution in [0.5, 0.6) is 0 Å². The lowest BCUT2D eigenvalue weighted by molar-refractivity contribution is -0.385. The number of rotatable bonds is 5. The number of aromatic amines is 2. The van der Waals surface area contributed by atoms with Gasteiger partial charge in [0, 0.05) is 23.6 Å². The minimum absolute atomic E-state index is 0.0322. The molecule has 2 aromatic heterocycles. The molecule has 0 aliphatic heterocycles. The molecule has 1 amide bonds. The van der Waals surface area contributed by atoms with Crippen LogP contribution in [-0.4, -0.2) is 31.0 Å². The Bertz CT molecular complexity index is 1450. The summed E-state index contributed by atoms with van der Waals surface area (Å²) in [5.41, 5.74) is 3.55. The van der Waals surface area contributed by atoms with E-state index in [0.29, 0.717) is 33.7 Å². The molecule has 0 spiro atoms. The van der Waals surface area contributed by atoms with Crippen LogP contribution in [0.1, 0.15) is 15.9 Å². The summed E-state index contributed by atoms with van der Waals surface area (Å²) >= 11 is 0. The Kier molecular flexibility index (Phi) is 4.40. The third-order valence-corrected chi connectivity index (χ3v) is 5.09. The Balaban J connectivity index is 1.47. The molecule has 5 aromatic rings. The summed E-state index contributed by atoms with van der Waals surface area (Å²) in [6.45, 7) is 0.0391. The van der Waals surface area contributed by atoms with E-state index in [1.165, 1.54) is 6.07 Å². The molecule has 3 aromatic carbocycles. The Hall–Kier alpha value is -4.53. The molecular formula is C22H16N6O3. The number of H-pyrrole nitrogens is 2. The number of imidazole rings is 1. The first-order valence-corrected chi connectivity index (χ1v) is 9.54. The second kappa shape index (κ2) is 7.38. The fourth-order valence-electron chi connectivity index (χ4n) is 3.59. The van der Waals surface area contributed by atoms with E-state index in [-0.39, 0.29) is 18.1 Å². The first kappa shape index (κ1) is 18.5. The molecule has 0 atom stereocenters. The van der Waals surface area contributed by atoms with Crippen molar-refractivity contribution in [3.05, 3.63) is 88.0 Å².